The Morgan fingerprint density at radius 2 is 1.94 bits per heavy atom. The maximum Gasteiger partial charge on any atom is 0.287 e. The van der Waals surface area contributed by atoms with Gasteiger partial charge in [-0.15, -0.1) is 0 Å². The van der Waals surface area contributed by atoms with Gasteiger partial charge in [0, 0.05) is 19.5 Å². The first kappa shape index (κ1) is 11.0. The molecule has 0 unspecified atom stereocenters. The van der Waals surface area contributed by atoms with E-state index in [1.54, 1.807) is 19.0 Å². The van der Waals surface area contributed by atoms with Crippen molar-refractivity contribution in [3.05, 3.63) is 36.4 Å². The van der Waals surface area contributed by atoms with Gasteiger partial charge >= 0.3 is 0 Å². The predicted molar refractivity (Wildman–Crippen MR) is 66.7 cm³/mol. The van der Waals surface area contributed by atoms with Crippen LogP contribution in [0.3, 0.4) is 0 Å². The second-order valence-corrected chi connectivity index (χ2v) is 4.58. The Morgan fingerprint density at radius 3 is 2.69 bits per heavy atom. The number of pyridine rings is 1. The number of para-hydroxylation sites is 1. The molecule has 0 aliphatic rings. The maximum atomic E-state index is 11.5. The van der Waals surface area contributed by atoms with Gasteiger partial charge in [-0.05, 0) is 23.9 Å². The summed E-state index contributed by atoms with van der Waals surface area (Å²) in [5, 5.41) is 1.81. The molecule has 2 aromatic rings. The van der Waals surface area contributed by atoms with E-state index in [1.807, 2.05) is 36.4 Å². The van der Waals surface area contributed by atoms with Crippen molar-refractivity contribution in [2.24, 2.45) is 0 Å². The van der Waals surface area contributed by atoms with E-state index >= 15 is 0 Å². The molecular formula is C12H12N2OS. The molecule has 0 radical (unpaired) electrons. The Bertz CT molecular complexity index is 525. The smallest absolute Gasteiger partial charge is 0.287 e. The molecule has 1 heterocycles. The number of hydrogen-bond donors (Lipinski definition) is 0. The van der Waals surface area contributed by atoms with Crippen molar-refractivity contribution >= 4 is 27.9 Å². The minimum Gasteiger partial charge on any atom is -0.339 e. The van der Waals surface area contributed by atoms with Crippen LogP contribution in [0.1, 0.15) is 0 Å². The summed E-state index contributed by atoms with van der Waals surface area (Å²) in [7, 11) is 3.47. The summed E-state index contributed by atoms with van der Waals surface area (Å²) in [5.41, 5.74) is 0.916. The summed E-state index contributed by atoms with van der Waals surface area (Å²) in [6.45, 7) is 0. The van der Waals surface area contributed by atoms with Crippen molar-refractivity contribution < 1.29 is 4.79 Å². The van der Waals surface area contributed by atoms with Crippen LogP contribution in [0.15, 0.2) is 41.4 Å². The van der Waals surface area contributed by atoms with E-state index in [9.17, 15) is 4.79 Å². The number of carbonyl (C=O) groups excluding carboxylic acids is 1. The zero-order valence-electron chi connectivity index (χ0n) is 9.18. The number of carbonyl (C=O) groups is 1. The second kappa shape index (κ2) is 4.53. The van der Waals surface area contributed by atoms with E-state index in [1.165, 1.54) is 0 Å². The van der Waals surface area contributed by atoms with Crippen molar-refractivity contribution in [1.29, 1.82) is 0 Å². The molecule has 0 bridgehead atoms. The minimum atomic E-state index is -0.0113. The molecule has 2 rings (SSSR count). The lowest BCUT2D eigenvalue weighted by Crippen LogP contribution is -2.16. The SMILES string of the molecule is CN(C)C(=O)Sc1ccc2ccccc2n1. The fourth-order valence-electron chi connectivity index (χ4n) is 1.28. The van der Waals surface area contributed by atoms with E-state index in [-0.39, 0.29) is 5.24 Å². The third-order valence-electron chi connectivity index (χ3n) is 2.13. The molecule has 0 fully saturated rings. The molecule has 0 saturated carbocycles. The Labute approximate surface area is 98.5 Å². The zero-order chi connectivity index (χ0) is 11.5. The van der Waals surface area contributed by atoms with Gasteiger partial charge < -0.3 is 4.90 Å². The Balaban J connectivity index is 2.29. The summed E-state index contributed by atoms with van der Waals surface area (Å²) in [4.78, 5) is 17.5. The first-order chi connectivity index (χ1) is 7.66. The number of aromatic nitrogens is 1. The van der Waals surface area contributed by atoms with Gasteiger partial charge in [0.1, 0.15) is 5.03 Å². The quantitative estimate of drug-likeness (QED) is 0.709. The lowest BCUT2D eigenvalue weighted by molar-refractivity contribution is 0.241. The number of rotatable bonds is 1. The Morgan fingerprint density at radius 1 is 1.19 bits per heavy atom. The fourth-order valence-corrected chi connectivity index (χ4v) is 1.93. The van der Waals surface area contributed by atoms with Crippen LogP contribution < -0.4 is 0 Å². The number of benzene rings is 1. The van der Waals surface area contributed by atoms with Gasteiger partial charge in [0.05, 0.1) is 5.52 Å². The third-order valence-corrected chi connectivity index (χ3v) is 3.11. The molecule has 0 aliphatic heterocycles. The molecule has 3 nitrogen and oxygen atoms in total. The lowest BCUT2D eigenvalue weighted by Gasteiger charge is -2.08. The Kier molecular flexibility index (Phi) is 3.10. The normalized spacial score (nSPS) is 10.4. The predicted octanol–water partition coefficient (Wildman–Crippen LogP) is 3.01. The average molecular weight is 232 g/mol. The molecule has 0 N–H and O–H groups in total. The summed E-state index contributed by atoms with van der Waals surface area (Å²) in [6.07, 6.45) is 0. The van der Waals surface area contributed by atoms with Crippen LogP contribution in [-0.2, 0) is 0 Å². The molecule has 0 saturated heterocycles. The monoisotopic (exact) mass is 232 g/mol. The van der Waals surface area contributed by atoms with Gasteiger partial charge in [-0.2, -0.15) is 0 Å². The largest absolute Gasteiger partial charge is 0.339 e. The molecule has 4 heteroatoms. The van der Waals surface area contributed by atoms with E-state index in [0.717, 1.165) is 27.7 Å². The van der Waals surface area contributed by atoms with Crippen LogP contribution in [0.4, 0.5) is 4.79 Å². The number of nitrogens with zero attached hydrogens (tertiary/aromatic N) is 2. The van der Waals surface area contributed by atoms with Crippen LogP contribution in [0.25, 0.3) is 10.9 Å². The molecule has 16 heavy (non-hydrogen) atoms. The van der Waals surface area contributed by atoms with Crippen molar-refractivity contribution in [3.8, 4) is 0 Å². The fraction of sp³-hybridized carbons (Fsp3) is 0.167. The Hall–Kier alpha value is -1.55. The van der Waals surface area contributed by atoms with Crippen LogP contribution >= 0.6 is 11.8 Å². The standard InChI is InChI=1S/C12H12N2OS/c1-14(2)12(15)16-11-8-7-9-5-3-4-6-10(9)13-11/h3-8H,1-2H3. The van der Waals surface area contributed by atoms with E-state index in [4.69, 9.17) is 0 Å². The van der Waals surface area contributed by atoms with Gasteiger partial charge in [0.15, 0.2) is 0 Å². The highest BCUT2D eigenvalue weighted by Crippen LogP contribution is 2.21. The van der Waals surface area contributed by atoms with Crippen molar-refractivity contribution in [2.75, 3.05) is 14.1 Å². The lowest BCUT2D eigenvalue weighted by atomic mass is 10.2. The van der Waals surface area contributed by atoms with Crippen molar-refractivity contribution in [1.82, 2.24) is 9.88 Å². The van der Waals surface area contributed by atoms with Crippen LogP contribution in [0, 0.1) is 0 Å². The van der Waals surface area contributed by atoms with Gasteiger partial charge in [-0.1, -0.05) is 24.3 Å². The van der Waals surface area contributed by atoms with Crippen molar-refractivity contribution in [3.63, 3.8) is 0 Å². The van der Waals surface area contributed by atoms with Crippen LogP contribution in [0.5, 0.6) is 0 Å². The molecule has 82 valence electrons. The highest BCUT2D eigenvalue weighted by atomic mass is 32.2. The summed E-state index contributed by atoms with van der Waals surface area (Å²) < 4.78 is 0. The molecule has 1 aromatic carbocycles. The molecule has 0 spiro atoms. The van der Waals surface area contributed by atoms with Crippen LogP contribution in [0.2, 0.25) is 0 Å². The van der Waals surface area contributed by atoms with E-state index in [0.29, 0.717) is 0 Å². The van der Waals surface area contributed by atoms with Crippen molar-refractivity contribution in [2.45, 2.75) is 5.03 Å². The maximum absolute atomic E-state index is 11.5. The van der Waals surface area contributed by atoms with Crippen LogP contribution in [-0.4, -0.2) is 29.2 Å². The zero-order valence-corrected chi connectivity index (χ0v) is 9.99. The summed E-state index contributed by atoms with van der Waals surface area (Å²) in [5.74, 6) is 0. The summed E-state index contributed by atoms with van der Waals surface area (Å²) in [6, 6.07) is 11.7. The number of thioether (sulfide) groups is 1. The molecule has 0 aliphatic carbocycles. The first-order valence-electron chi connectivity index (χ1n) is 4.92. The summed E-state index contributed by atoms with van der Waals surface area (Å²) >= 11 is 1.14. The first-order valence-corrected chi connectivity index (χ1v) is 5.73. The molecular weight excluding hydrogens is 220 g/mol. The highest BCUT2D eigenvalue weighted by molar-refractivity contribution is 8.13. The molecule has 1 aromatic heterocycles. The van der Waals surface area contributed by atoms with E-state index < -0.39 is 0 Å². The highest BCUT2D eigenvalue weighted by Gasteiger charge is 2.07. The van der Waals surface area contributed by atoms with Gasteiger partial charge in [0.2, 0.25) is 0 Å². The van der Waals surface area contributed by atoms with Gasteiger partial charge in [-0.25, -0.2) is 4.98 Å². The van der Waals surface area contributed by atoms with Gasteiger partial charge in [0.25, 0.3) is 5.24 Å². The van der Waals surface area contributed by atoms with E-state index in [2.05, 4.69) is 4.98 Å². The molecule has 1 amide bonds. The average Bonchev–Trinajstić information content (AvgIpc) is 2.28. The number of amides is 1. The minimum absolute atomic E-state index is 0.0113. The third kappa shape index (κ3) is 2.33. The molecule has 0 atom stereocenters. The van der Waals surface area contributed by atoms with Gasteiger partial charge in [-0.3, -0.25) is 4.79 Å². The number of hydrogen-bond acceptors (Lipinski definition) is 3. The number of fused-ring (bicyclic) bond motifs is 1. The second-order valence-electron chi connectivity index (χ2n) is 3.60. The topological polar surface area (TPSA) is 33.2 Å².